The number of fused-ring (bicyclic) bond motifs is 3. The van der Waals surface area contributed by atoms with Crippen molar-refractivity contribution in [2.45, 2.75) is 19.1 Å². The number of nitrogens with one attached hydrogen (secondary N) is 2. The van der Waals surface area contributed by atoms with Gasteiger partial charge in [0.15, 0.2) is 0 Å². The molecule has 0 radical (unpaired) electrons. The first kappa shape index (κ1) is 23.8. The second-order valence-electron chi connectivity index (χ2n) is 7.29. The smallest absolute Gasteiger partial charge is 0.357 e. The van der Waals surface area contributed by atoms with Crippen molar-refractivity contribution in [3.05, 3.63) is 82.0 Å². The highest BCUT2D eigenvalue weighted by Gasteiger charge is 2.30. The molecule has 10 heteroatoms. The topological polar surface area (TPSA) is 62.7 Å². The highest BCUT2D eigenvalue weighted by atomic mass is 35.5. The molecule has 0 aliphatic carbocycles. The monoisotopic (exact) mass is 482 g/mol. The van der Waals surface area contributed by atoms with E-state index in [-0.39, 0.29) is 30.4 Å². The molecule has 4 aromatic rings. The van der Waals surface area contributed by atoms with Gasteiger partial charge < -0.3 is 10.3 Å². The molecule has 32 heavy (non-hydrogen) atoms. The van der Waals surface area contributed by atoms with Crippen molar-refractivity contribution in [2.24, 2.45) is 0 Å². The van der Waals surface area contributed by atoms with E-state index in [9.17, 15) is 18.0 Å². The van der Waals surface area contributed by atoms with E-state index in [0.717, 1.165) is 42.7 Å². The largest absolute Gasteiger partial charge is 0.417 e. The van der Waals surface area contributed by atoms with Gasteiger partial charge in [-0.05, 0) is 48.9 Å². The Bertz CT molecular complexity index is 1310. The molecule has 2 N–H and O–H groups in total. The van der Waals surface area contributed by atoms with Crippen LogP contribution in [0.25, 0.3) is 27.8 Å². The third kappa shape index (κ3) is 4.26. The summed E-state index contributed by atoms with van der Waals surface area (Å²) < 4.78 is 39.6. The summed E-state index contributed by atoms with van der Waals surface area (Å²) in [4.78, 5) is 20.0. The summed E-state index contributed by atoms with van der Waals surface area (Å²) in [7, 11) is 0. The van der Waals surface area contributed by atoms with Crippen molar-refractivity contribution in [3.63, 3.8) is 0 Å². The number of H-pyrrole nitrogens is 1. The maximum atomic E-state index is 12.7. The van der Waals surface area contributed by atoms with Crippen LogP contribution in [-0.4, -0.2) is 21.1 Å². The summed E-state index contributed by atoms with van der Waals surface area (Å²) in [5.74, 6) is 0. The molecule has 0 spiro atoms. The Balaban J connectivity index is 0.00000144. The van der Waals surface area contributed by atoms with Crippen molar-refractivity contribution in [1.82, 2.24) is 19.9 Å². The number of pyridine rings is 2. The molecular formula is C22H19Cl2F3N4O. The number of halogens is 5. The zero-order valence-corrected chi connectivity index (χ0v) is 18.2. The molecule has 3 aromatic heterocycles. The van der Waals surface area contributed by atoms with Crippen molar-refractivity contribution in [2.75, 3.05) is 6.54 Å². The summed E-state index contributed by atoms with van der Waals surface area (Å²) in [6.07, 6.45) is -1.09. The van der Waals surface area contributed by atoms with Crippen molar-refractivity contribution >= 4 is 35.7 Å². The van der Waals surface area contributed by atoms with Gasteiger partial charge in [-0.25, -0.2) is 0 Å². The Kier molecular flexibility index (Phi) is 6.69. The first-order valence-electron chi connectivity index (χ1n) is 9.51. The molecule has 0 saturated carbocycles. The second kappa shape index (κ2) is 8.97. The average molecular weight is 483 g/mol. The molecule has 1 aliphatic rings. The van der Waals surface area contributed by atoms with E-state index in [4.69, 9.17) is 0 Å². The minimum Gasteiger partial charge on any atom is -0.357 e. The first-order valence-corrected chi connectivity index (χ1v) is 9.51. The average Bonchev–Trinajstić information content (AvgIpc) is 3.11. The lowest BCUT2D eigenvalue weighted by atomic mass is 10.0. The van der Waals surface area contributed by atoms with Crippen LogP contribution in [0.5, 0.6) is 0 Å². The van der Waals surface area contributed by atoms with E-state index in [2.05, 4.69) is 15.3 Å². The number of alkyl halides is 3. The lowest BCUT2D eigenvalue weighted by Crippen LogP contribution is -2.22. The molecular weight excluding hydrogens is 464 g/mol. The predicted octanol–water partition coefficient (Wildman–Crippen LogP) is 4.89. The van der Waals surface area contributed by atoms with Crippen LogP contribution in [0.4, 0.5) is 13.2 Å². The van der Waals surface area contributed by atoms with Crippen LogP contribution in [0.15, 0.2) is 59.7 Å². The summed E-state index contributed by atoms with van der Waals surface area (Å²) >= 11 is 0. The van der Waals surface area contributed by atoms with Gasteiger partial charge in [-0.15, -0.1) is 24.8 Å². The van der Waals surface area contributed by atoms with Crippen LogP contribution in [-0.2, 0) is 19.1 Å². The predicted molar refractivity (Wildman–Crippen MR) is 122 cm³/mol. The van der Waals surface area contributed by atoms with Gasteiger partial charge in [0.05, 0.1) is 16.9 Å². The standard InChI is InChI=1S/C22H17F3N4O.2ClH/c23-22(24,25)14-1-4-18(27-11-14)13-6-8-29(21(30)9-13)15-2-3-16-17-5-7-26-12-20(17)28-19(16)10-15;;/h1-4,6,8-11,26,28H,5,7,12H2;2*1H. The molecule has 0 saturated heterocycles. The molecule has 0 bridgehead atoms. The summed E-state index contributed by atoms with van der Waals surface area (Å²) in [5, 5.41) is 4.50. The Hall–Kier alpha value is -2.81. The van der Waals surface area contributed by atoms with Gasteiger partial charge in [0.2, 0.25) is 0 Å². The van der Waals surface area contributed by atoms with Gasteiger partial charge in [0, 0.05) is 47.2 Å². The Labute approximate surface area is 193 Å². The van der Waals surface area contributed by atoms with E-state index >= 15 is 0 Å². The Morgan fingerprint density at radius 3 is 2.53 bits per heavy atom. The SMILES string of the molecule is Cl.Cl.O=c1cc(-c2ccc(C(F)(F)F)cn2)ccn1-c1ccc2c3c([nH]c2c1)CNCC3. The lowest BCUT2D eigenvalue weighted by Gasteiger charge is -2.12. The second-order valence-corrected chi connectivity index (χ2v) is 7.29. The van der Waals surface area contributed by atoms with Gasteiger partial charge >= 0.3 is 6.18 Å². The number of hydrogen-bond donors (Lipinski definition) is 2. The van der Waals surface area contributed by atoms with Crippen molar-refractivity contribution < 1.29 is 13.2 Å². The van der Waals surface area contributed by atoms with Crippen LogP contribution in [0.3, 0.4) is 0 Å². The zero-order chi connectivity index (χ0) is 20.9. The Morgan fingerprint density at radius 2 is 1.84 bits per heavy atom. The van der Waals surface area contributed by atoms with Crippen LogP contribution in [0.1, 0.15) is 16.8 Å². The highest BCUT2D eigenvalue weighted by Crippen LogP contribution is 2.30. The fourth-order valence-corrected chi connectivity index (χ4v) is 3.90. The number of hydrogen-bond acceptors (Lipinski definition) is 3. The Morgan fingerprint density at radius 1 is 1.03 bits per heavy atom. The molecule has 5 nitrogen and oxygen atoms in total. The molecule has 5 rings (SSSR count). The first-order chi connectivity index (χ1) is 14.4. The molecule has 4 heterocycles. The number of aromatic amines is 1. The zero-order valence-electron chi connectivity index (χ0n) is 16.6. The minimum absolute atomic E-state index is 0. The normalized spacial score (nSPS) is 13.2. The lowest BCUT2D eigenvalue weighted by molar-refractivity contribution is -0.137. The maximum Gasteiger partial charge on any atom is 0.417 e. The van der Waals surface area contributed by atoms with E-state index < -0.39 is 11.7 Å². The molecule has 0 unspecified atom stereocenters. The van der Waals surface area contributed by atoms with Gasteiger partial charge in [-0.2, -0.15) is 13.2 Å². The minimum atomic E-state index is -4.44. The van der Waals surface area contributed by atoms with Gasteiger partial charge in [0.25, 0.3) is 5.56 Å². The van der Waals surface area contributed by atoms with Crippen molar-refractivity contribution in [3.8, 4) is 16.9 Å². The summed E-state index contributed by atoms with van der Waals surface area (Å²) in [5.41, 5.74) is 3.84. The molecule has 0 atom stereocenters. The number of aromatic nitrogens is 3. The summed E-state index contributed by atoms with van der Waals surface area (Å²) in [6, 6.07) is 11.1. The number of benzene rings is 1. The van der Waals surface area contributed by atoms with Crippen LogP contribution >= 0.6 is 24.8 Å². The van der Waals surface area contributed by atoms with Crippen molar-refractivity contribution in [1.29, 1.82) is 0 Å². The van der Waals surface area contributed by atoms with E-state index in [1.165, 1.54) is 28.0 Å². The third-order valence-corrected chi connectivity index (χ3v) is 5.42. The quantitative estimate of drug-likeness (QED) is 0.427. The maximum absolute atomic E-state index is 12.7. The van der Waals surface area contributed by atoms with Gasteiger partial charge in [-0.3, -0.25) is 14.3 Å². The van der Waals surface area contributed by atoms with E-state index in [1.54, 1.807) is 12.3 Å². The molecule has 168 valence electrons. The number of rotatable bonds is 2. The molecule has 0 fully saturated rings. The molecule has 1 aromatic carbocycles. The van der Waals surface area contributed by atoms with Crippen LogP contribution in [0, 0.1) is 0 Å². The van der Waals surface area contributed by atoms with E-state index in [1.807, 2.05) is 18.2 Å². The fourth-order valence-electron chi connectivity index (χ4n) is 3.90. The number of nitrogens with zero attached hydrogens (tertiary/aromatic N) is 2. The van der Waals surface area contributed by atoms with Gasteiger partial charge in [0.1, 0.15) is 0 Å². The highest BCUT2D eigenvalue weighted by molar-refractivity contribution is 5.86. The fraction of sp³-hybridized carbons (Fsp3) is 0.182. The van der Waals surface area contributed by atoms with Crippen LogP contribution in [0.2, 0.25) is 0 Å². The van der Waals surface area contributed by atoms with Crippen LogP contribution < -0.4 is 10.9 Å². The third-order valence-electron chi connectivity index (χ3n) is 5.42. The molecule has 0 amide bonds. The molecule has 1 aliphatic heterocycles. The summed E-state index contributed by atoms with van der Waals surface area (Å²) in [6.45, 7) is 1.74. The van der Waals surface area contributed by atoms with E-state index in [0.29, 0.717) is 16.9 Å². The van der Waals surface area contributed by atoms with Gasteiger partial charge in [-0.1, -0.05) is 6.07 Å².